The number of ether oxygens (including phenoxy) is 4. The third kappa shape index (κ3) is 11.6. The second kappa shape index (κ2) is 18.2. The van der Waals surface area contributed by atoms with Crippen molar-refractivity contribution in [1.29, 1.82) is 0 Å². The molecule has 13 heteroatoms. The molecule has 2 aromatic rings. The Hall–Kier alpha value is -4.36. The van der Waals surface area contributed by atoms with Crippen molar-refractivity contribution in [2.24, 2.45) is 5.92 Å². The molecule has 3 fully saturated rings. The summed E-state index contributed by atoms with van der Waals surface area (Å²) < 4.78 is 22.3. The van der Waals surface area contributed by atoms with Crippen molar-refractivity contribution in [3.05, 3.63) is 65.7 Å². The third-order valence-electron chi connectivity index (χ3n) is 9.33. The van der Waals surface area contributed by atoms with Crippen LogP contribution in [0, 0.1) is 5.92 Å². The molecule has 278 valence electrons. The maximum absolute atomic E-state index is 13.5. The molecule has 1 unspecified atom stereocenters. The molecule has 5 amide bonds. The quantitative estimate of drug-likeness (QED) is 0.268. The van der Waals surface area contributed by atoms with E-state index in [2.05, 4.69) is 52.3 Å². The highest BCUT2D eigenvalue weighted by Crippen LogP contribution is 2.39. The van der Waals surface area contributed by atoms with Crippen LogP contribution in [0.15, 0.2) is 54.6 Å². The van der Waals surface area contributed by atoms with Crippen molar-refractivity contribution < 1.29 is 38.1 Å². The maximum atomic E-state index is 13.5. The lowest BCUT2D eigenvalue weighted by molar-refractivity contribution is -0.139. The molecule has 13 nitrogen and oxygen atoms in total. The fourth-order valence-corrected chi connectivity index (χ4v) is 6.95. The monoisotopic (exact) mass is 707 g/mol. The Bertz CT molecular complexity index is 1460. The topological polar surface area (TPSA) is 148 Å². The first-order valence-electron chi connectivity index (χ1n) is 18.1. The van der Waals surface area contributed by atoms with Crippen LogP contribution in [0.25, 0.3) is 0 Å². The Morgan fingerprint density at radius 2 is 1.63 bits per heavy atom. The van der Waals surface area contributed by atoms with Gasteiger partial charge in [0.2, 0.25) is 11.8 Å². The van der Waals surface area contributed by atoms with Gasteiger partial charge in [0.25, 0.3) is 0 Å². The van der Waals surface area contributed by atoms with E-state index < -0.39 is 11.7 Å². The number of carbonyl (C=O) groups is 4. The molecule has 0 radical (unpaired) electrons. The molecule has 3 heterocycles. The Balaban J connectivity index is 1.06. The molecule has 3 atom stereocenters. The summed E-state index contributed by atoms with van der Waals surface area (Å²) in [5, 5.41) is 8.46. The van der Waals surface area contributed by atoms with Crippen LogP contribution in [0.5, 0.6) is 5.75 Å². The number of piperidine rings is 2. The first kappa shape index (κ1) is 37.9. The third-order valence-corrected chi connectivity index (χ3v) is 9.33. The molecule has 3 aliphatic heterocycles. The minimum atomic E-state index is -0.559. The molecule has 0 spiro atoms. The Morgan fingerprint density at radius 3 is 2.39 bits per heavy atom. The summed E-state index contributed by atoms with van der Waals surface area (Å²) in [6, 6.07) is 18.5. The van der Waals surface area contributed by atoms with Crippen molar-refractivity contribution in [3.8, 4) is 5.75 Å². The summed E-state index contributed by atoms with van der Waals surface area (Å²) in [7, 11) is 0. The fraction of sp³-hybridized carbons (Fsp3) is 0.579. The Labute approximate surface area is 300 Å². The highest BCUT2D eigenvalue weighted by Gasteiger charge is 2.38. The Kier molecular flexibility index (Phi) is 13.5. The highest BCUT2D eigenvalue weighted by atomic mass is 16.6. The van der Waals surface area contributed by atoms with Crippen molar-refractivity contribution in [2.75, 3.05) is 65.7 Å². The predicted molar refractivity (Wildman–Crippen MR) is 190 cm³/mol. The molecule has 0 aliphatic carbocycles. The summed E-state index contributed by atoms with van der Waals surface area (Å²) in [5.74, 6) is 0.939. The van der Waals surface area contributed by atoms with Gasteiger partial charge in [-0.05, 0) is 69.2 Å². The van der Waals surface area contributed by atoms with Crippen LogP contribution in [0.4, 0.5) is 9.59 Å². The van der Waals surface area contributed by atoms with Gasteiger partial charge in [0.05, 0.1) is 31.9 Å². The van der Waals surface area contributed by atoms with E-state index in [4.69, 9.17) is 18.9 Å². The lowest BCUT2D eigenvalue weighted by Crippen LogP contribution is -2.62. The number of nitrogens with zero attached hydrogens (tertiary/aromatic N) is 2. The van der Waals surface area contributed by atoms with Crippen LogP contribution in [-0.2, 0) is 23.8 Å². The molecule has 0 bridgehead atoms. The largest absolute Gasteiger partial charge is 0.492 e. The van der Waals surface area contributed by atoms with E-state index in [1.807, 2.05) is 28.0 Å². The summed E-state index contributed by atoms with van der Waals surface area (Å²) >= 11 is 0. The molecule has 0 saturated carbocycles. The number of hydrogen-bond donors (Lipinski definition) is 3. The number of alkyl carbamates (subject to hydrolysis) is 1. The number of morpholine rings is 1. The number of nitrogens with one attached hydrogen (secondary N) is 3. The van der Waals surface area contributed by atoms with E-state index in [1.165, 1.54) is 5.56 Å². The van der Waals surface area contributed by atoms with E-state index in [0.717, 1.165) is 30.6 Å². The minimum Gasteiger partial charge on any atom is -0.492 e. The first-order chi connectivity index (χ1) is 24.6. The predicted octanol–water partition coefficient (Wildman–Crippen LogP) is 3.67. The maximum Gasteiger partial charge on any atom is 0.407 e. The van der Waals surface area contributed by atoms with Gasteiger partial charge < -0.3 is 44.7 Å². The van der Waals surface area contributed by atoms with Gasteiger partial charge in [-0.3, -0.25) is 9.59 Å². The van der Waals surface area contributed by atoms with Gasteiger partial charge >= 0.3 is 12.1 Å². The molecule has 3 saturated heterocycles. The summed E-state index contributed by atoms with van der Waals surface area (Å²) in [6.45, 7) is 9.43. The van der Waals surface area contributed by atoms with Crippen LogP contribution in [0.2, 0.25) is 0 Å². The zero-order valence-corrected chi connectivity index (χ0v) is 30.1. The van der Waals surface area contributed by atoms with Gasteiger partial charge in [0, 0.05) is 45.1 Å². The van der Waals surface area contributed by atoms with Gasteiger partial charge in [-0.25, -0.2) is 9.59 Å². The van der Waals surface area contributed by atoms with E-state index in [0.29, 0.717) is 51.8 Å². The van der Waals surface area contributed by atoms with Gasteiger partial charge in [0.1, 0.15) is 24.6 Å². The molecule has 5 rings (SSSR count). The fourth-order valence-electron chi connectivity index (χ4n) is 6.95. The van der Waals surface area contributed by atoms with Gasteiger partial charge in [-0.1, -0.05) is 42.5 Å². The lowest BCUT2D eigenvalue weighted by Gasteiger charge is -2.44. The van der Waals surface area contributed by atoms with E-state index in [9.17, 15) is 19.2 Å². The van der Waals surface area contributed by atoms with Crippen molar-refractivity contribution in [1.82, 2.24) is 25.8 Å². The Morgan fingerprint density at radius 1 is 0.902 bits per heavy atom. The molecular weight excluding hydrogens is 654 g/mol. The number of benzene rings is 2. The normalized spacial score (nSPS) is 20.1. The van der Waals surface area contributed by atoms with E-state index in [-0.39, 0.29) is 62.2 Å². The molecule has 51 heavy (non-hydrogen) atoms. The second-order valence-electron chi connectivity index (χ2n) is 14.3. The molecule has 3 aliphatic rings. The minimum absolute atomic E-state index is 0.0265. The standard InChI is InChI=1S/C38H53N5O8/c1-38(2,3)51-36(46)40-16-22-48-21-15-33(44)39-17-23-49-30-11-7-10-29(24-30)35(27-8-5-4-6-9-27)28-12-18-42(19-13-28)37(47)43-20-14-32-31(25-43)41-34(45)26-50-32/h4-11,24,28,31-32,35H,12-23,25-26H2,1-3H3,(H,39,44)(H,40,46)(H,41,45)/t31-,32?,35+/m1/s1. The summed E-state index contributed by atoms with van der Waals surface area (Å²) in [5.41, 5.74) is 1.82. The molecule has 3 N–H and O–H groups in total. The van der Waals surface area contributed by atoms with Crippen molar-refractivity contribution >= 4 is 23.9 Å². The van der Waals surface area contributed by atoms with Crippen LogP contribution in [0.3, 0.4) is 0 Å². The first-order valence-corrected chi connectivity index (χ1v) is 18.1. The molecule has 2 aromatic carbocycles. The van der Waals surface area contributed by atoms with Gasteiger partial charge in [-0.2, -0.15) is 0 Å². The lowest BCUT2D eigenvalue weighted by atomic mass is 9.76. The number of urea groups is 1. The zero-order chi connectivity index (χ0) is 36.2. The summed E-state index contributed by atoms with van der Waals surface area (Å²) in [6.07, 6.45) is 2.14. The average molecular weight is 708 g/mol. The number of rotatable bonds is 13. The number of amides is 5. The number of carbonyl (C=O) groups excluding carboxylic acids is 4. The molecule has 0 aromatic heterocycles. The SMILES string of the molecule is CC(C)(C)OC(=O)NCCOCCC(=O)NCCOc1cccc([C@@H](c2ccccc2)C2CCN(C(=O)N3CCC4OCC(=O)N[C@@H]4C3)CC2)c1. The average Bonchev–Trinajstić information content (AvgIpc) is 3.11. The highest BCUT2D eigenvalue weighted by molar-refractivity contribution is 5.79. The summed E-state index contributed by atoms with van der Waals surface area (Å²) in [4.78, 5) is 53.1. The van der Waals surface area contributed by atoms with Crippen LogP contribution >= 0.6 is 0 Å². The smallest absolute Gasteiger partial charge is 0.407 e. The van der Waals surface area contributed by atoms with Crippen molar-refractivity contribution in [3.63, 3.8) is 0 Å². The van der Waals surface area contributed by atoms with Crippen LogP contribution < -0.4 is 20.7 Å². The second-order valence-corrected chi connectivity index (χ2v) is 14.3. The van der Waals surface area contributed by atoms with E-state index in [1.54, 1.807) is 20.8 Å². The number of likely N-dealkylation sites (tertiary alicyclic amines) is 2. The van der Waals surface area contributed by atoms with Crippen LogP contribution in [-0.4, -0.2) is 117 Å². The zero-order valence-electron chi connectivity index (χ0n) is 30.1. The van der Waals surface area contributed by atoms with Crippen LogP contribution in [0.1, 0.15) is 63.5 Å². The van der Waals surface area contributed by atoms with Crippen molar-refractivity contribution in [2.45, 2.75) is 70.1 Å². The molecular formula is C38H53N5O8. The number of hydrogen-bond acceptors (Lipinski definition) is 8. The van der Waals surface area contributed by atoms with Gasteiger partial charge in [0.15, 0.2) is 0 Å². The van der Waals surface area contributed by atoms with Gasteiger partial charge in [-0.15, -0.1) is 0 Å². The number of fused-ring (bicyclic) bond motifs is 1. The van der Waals surface area contributed by atoms with E-state index >= 15 is 0 Å².